The highest BCUT2D eigenvalue weighted by atomic mass is 14.8. The Morgan fingerprint density at radius 2 is 1.63 bits per heavy atom. The maximum atomic E-state index is 3.32. The first-order valence-electron chi connectivity index (χ1n) is 6.96. The quantitative estimate of drug-likeness (QED) is 0.853. The van der Waals surface area contributed by atoms with Crippen LogP contribution in [0.25, 0.3) is 0 Å². The topological polar surface area (TPSA) is 12.0 Å². The molecule has 0 radical (unpaired) electrons. The third-order valence-electron chi connectivity index (χ3n) is 3.53. The van der Waals surface area contributed by atoms with Crippen LogP contribution in [0.2, 0.25) is 0 Å². The Hall–Kier alpha value is -1.60. The van der Waals surface area contributed by atoms with Crippen molar-refractivity contribution in [2.45, 2.75) is 26.2 Å². The molecule has 0 amide bonds. The van der Waals surface area contributed by atoms with Crippen molar-refractivity contribution in [1.29, 1.82) is 0 Å². The first-order chi connectivity index (χ1) is 9.19. The molecule has 2 aromatic rings. The Morgan fingerprint density at radius 3 is 2.26 bits per heavy atom. The number of likely N-dealkylation sites (N-methyl/N-ethyl adjacent to an activating group) is 1. The van der Waals surface area contributed by atoms with Gasteiger partial charge in [0, 0.05) is 12.5 Å². The number of hydrogen-bond donors (Lipinski definition) is 1. The van der Waals surface area contributed by atoms with Crippen LogP contribution in [0.3, 0.4) is 0 Å². The average Bonchev–Trinajstić information content (AvgIpc) is 2.38. The van der Waals surface area contributed by atoms with Crippen LogP contribution in [-0.2, 0) is 6.42 Å². The van der Waals surface area contributed by atoms with Gasteiger partial charge in [-0.05, 0) is 38.4 Å². The standard InChI is InChI=1S/C18H23N/c1-14-6-4-8-16(10-14)12-18(13-19-3)17-9-5-7-15(2)11-17/h4-11,18-19H,12-13H2,1-3H3. The van der Waals surface area contributed by atoms with E-state index >= 15 is 0 Å². The highest BCUT2D eigenvalue weighted by molar-refractivity contribution is 5.29. The molecule has 1 nitrogen and oxygen atoms in total. The van der Waals surface area contributed by atoms with Crippen LogP contribution in [0.5, 0.6) is 0 Å². The van der Waals surface area contributed by atoms with Crippen molar-refractivity contribution in [2.75, 3.05) is 13.6 Å². The van der Waals surface area contributed by atoms with E-state index in [1.165, 1.54) is 22.3 Å². The van der Waals surface area contributed by atoms with Crippen LogP contribution >= 0.6 is 0 Å². The Kier molecular flexibility index (Phi) is 4.75. The van der Waals surface area contributed by atoms with Gasteiger partial charge in [-0.1, -0.05) is 59.7 Å². The lowest BCUT2D eigenvalue weighted by molar-refractivity contribution is 0.625. The van der Waals surface area contributed by atoms with Gasteiger partial charge in [0.05, 0.1) is 0 Å². The zero-order chi connectivity index (χ0) is 13.7. The summed E-state index contributed by atoms with van der Waals surface area (Å²) in [6.45, 7) is 5.33. The average molecular weight is 253 g/mol. The second kappa shape index (κ2) is 6.53. The molecule has 1 atom stereocenters. The Morgan fingerprint density at radius 1 is 0.947 bits per heavy atom. The third-order valence-corrected chi connectivity index (χ3v) is 3.53. The van der Waals surface area contributed by atoms with E-state index in [0.29, 0.717) is 5.92 Å². The highest BCUT2D eigenvalue weighted by Gasteiger charge is 2.11. The lowest BCUT2D eigenvalue weighted by Crippen LogP contribution is -2.19. The molecule has 2 aromatic carbocycles. The van der Waals surface area contributed by atoms with E-state index in [4.69, 9.17) is 0 Å². The van der Waals surface area contributed by atoms with Gasteiger partial charge < -0.3 is 5.32 Å². The number of benzene rings is 2. The predicted octanol–water partition coefficient (Wildman–Crippen LogP) is 3.85. The van der Waals surface area contributed by atoms with Crippen LogP contribution in [0.1, 0.15) is 28.2 Å². The SMILES string of the molecule is CNCC(Cc1cccc(C)c1)c1cccc(C)c1. The van der Waals surface area contributed by atoms with Gasteiger partial charge in [-0.15, -0.1) is 0 Å². The fourth-order valence-electron chi connectivity index (χ4n) is 2.60. The molecule has 0 fully saturated rings. The van der Waals surface area contributed by atoms with E-state index in [-0.39, 0.29) is 0 Å². The fraction of sp³-hybridized carbons (Fsp3) is 0.333. The molecule has 1 heteroatoms. The summed E-state index contributed by atoms with van der Waals surface area (Å²) in [7, 11) is 2.03. The molecule has 0 heterocycles. The number of nitrogens with one attached hydrogen (secondary N) is 1. The van der Waals surface area contributed by atoms with Crippen molar-refractivity contribution >= 4 is 0 Å². The summed E-state index contributed by atoms with van der Waals surface area (Å²) in [6, 6.07) is 17.7. The number of aryl methyl sites for hydroxylation is 2. The van der Waals surface area contributed by atoms with Gasteiger partial charge in [0.15, 0.2) is 0 Å². The summed E-state index contributed by atoms with van der Waals surface area (Å²) in [5, 5.41) is 3.32. The Labute approximate surface area is 116 Å². The van der Waals surface area contributed by atoms with E-state index in [9.17, 15) is 0 Å². The second-order valence-electron chi connectivity index (χ2n) is 5.36. The van der Waals surface area contributed by atoms with E-state index in [0.717, 1.165) is 13.0 Å². The summed E-state index contributed by atoms with van der Waals surface area (Å²) >= 11 is 0. The summed E-state index contributed by atoms with van der Waals surface area (Å²) in [5.74, 6) is 0.534. The minimum atomic E-state index is 0.534. The normalized spacial score (nSPS) is 12.4. The maximum absolute atomic E-state index is 3.32. The second-order valence-corrected chi connectivity index (χ2v) is 5.36. The van der Waals surface area contributed by atoms with Crippen LogP contribution in [0.15, 0.2) is 48.5 Å². The van der Waals surface area contributed by atoms with Crippen LogP contribution in [0, 0.1) is 13.8 Å². The maximum Gasteiger partial charge on any atom is 0.00203 e. The van der Waals surface area contributed by atoms with Crippen molar-refractivity contribution in [1.82, 2.24) is 5.32 Å². The van der Waals surface area contributed by atoms with Gasteiger partial charge in [0.1, 0.15) is 0 Å². The molecular weight excluding hydrogens is 230 g/mol. The summed E-state index contributed by atoms with van der Waals surface area (Å²) < 4.78 is 0. The number of rotatable bonds is 5. The molecule has 0 spiro atoms. The molecule has 0 aliphatic carbocycles. The molecular formula is C18H23N. The Bertz CT molecular complexity index is 531. The molecule has 0 saturated carbocycles. The van der Waals surface area contributed by atoms with Crippen LogP contribution < -0.4 is 5.32 Å². The van der Waals surface area contributed by atoms with E-state index < -0.39 is 0 Å². The first-order valence-corrected chi connectivity index (χ1v) is 6.96. The van der Waals surface area contributed by atoms with Gasteiger partial charge in [0.2, 0.25) is 0 Å². The zero-order valence-corrected chi connectivity index (χ0v) is 12.1. The molecule has 0 saturated heterocycles. The van der Waals surface area contributed by atoms with E-state index in [1.54, 1.807) is 0 Å². The van der Waals surface area contributed by atoms with Gasteiger partial charge in [-0.25, -0.2) is 0 Å². The summed E-state index contributed by atoms with van der Waals surface area (Å²) in [4.78, 5) is 0. The van der Waals surface area contributed by atoms with Crippen molar-refractivity contribution in [3.8, 4) is 0 Å². The highest BCUT2D eigenvalue weighted by Crippen LogP contribution is 2.21. The first kappa shape index (κ1) is 13.8. The van der Waals surface area contributed by atoms with Crippen molar-refractivity contribution in [3.63, 3.8) is 0 Å². The summed E-state index contributed by atoms with van der Waals surface area (Å²) in [5.41, 5.74) is 5.52. The largest absolute Gasteiger partial charge is 0.319 e. The molecule has 0 aliphatic rings. The molecule has 0 aliphatic heterocycles. The fourth-order valence-corrected chi connectivity index (χ4v) is 2.60. The molecule has 0 aromatic heterocycles. The zero-order valence-electron chi connectivity index (χ0n) is 12.1. The van der Waals surface area contributed by atoms with Crippen LogP contribution in [0.4, 0.5) is 0 Å². The van der Waals surface area contributed by atoms with Crippen molar-refractivity contribution in [3.05, 3.63) is 70.8 Å². The monoisotopic (exact) mass is 253 g/mol. The minimum absolute atomic E-state index is 0.534. The molecule has 1 N–H and O–H groups in total. The smallest absolute Gasteiger partial charge is 0.00203 e. The lowest BCUT2D eigenvalue weighted by atomic mass is 9.90. The predicted molar refractivity (Wildman–Crippen MR) is 82.7 cm³/mol. The Balaban J connectivity index is 2.21. The van der Waals surface area contributed by atoms with E-state index in [2.05, 4.69) is 67.7 Å². The third kappa shape index (κ3) is 3.93. The van der Waals surface area contributed by atoms with E-state index in [1.807, 2.05) is 7.05 Å². The lowest BCUT2D eigenvalue weighted by Gasteiger charge is -2.18. The van der Waals surface area contributed by atoms with Crippen molar-refractivity contribution < 1.29 is 0 Å². The minimum Gasteiger partial charge on any atom is -0.319 e. The molecule has 19 heavy (non-hydrogen) atoms. The molecule has 0 bridgehead atoms. The molecule has 1 unspecified atom stereocenters. The van der Waals surface area contributed by atoms with Crippen LogP contribution in [-0.4, -0.2) is 13.6 Å². The number of hydrogen-bond acceptors (Lipinski definition) is 1. The molecule has 100 valence electrons. The van der Waals surface area contributed by atoms with Gasteiger partial charge in [-0.3, -0.25) is 0 Å². The van der Waals surface area contributed by atoms with Gasteiger partial charge >= 0.3 is 0 Å². The van der Waals surface area contributed by atoms with Gasteiger partial charge in [-0.2, -0.15) is 0 Å². The summed E-state index contributed by atoms with van der Waals surface area (Å²) in [6.07, 6.45) is 1.09. The van der Waals surface area contributed by atoms with Gasteiger partial charge in [0.25, 0.3) is 0 Å². The van der Waals surface area contributed by atoms with Crippen molar-refractivity contribution in [2.24, 2.45) is 0 Å². The molecule has 2 rings (SSSR count).